The van der Waals surface area contributed by atoms with E-state index in [4.69, 9.17) is 10.2 Å². The van der Waals surface area contributed by atoms with Crippen molar-refractivity contribution in [3.63, 3.8) is 0 Å². The zero-order valence-electron chi connectivity index (χ0n) is 14.0. The molecule has 2 rings (SSSR count). The molecule has 0 radical (unpaired) electrons. The van der Waals surface area contributed by atoms with E-state index >= 15 is 0 Å². The van der Waals surface area contributed by atoms with Crippen molar-refractivity contribution in [1.82, 2.24) is 4.90 Å². The lowest BCUT2D eigenvalue weighted by Gasteiger charge is -2.22. The number of amides is 2. The van der Waals surface area contributed by atoms with Crippen molar-refractivity contribution in [3.05, 3.63) is 65.7 Å². The Morgan fingerprint density at radius 1 is 0.920 bits per heavy atom. The first-order chi connectivity index (χ1) is 12.2. The SMILES string of the molecule is O=C(Nc1ccccc1C#Cc1ccccc1)N(CCO)CCCO. The predicted octanol–water partition coefficient (Wildman–Crippen LogP) is 2.30. The van der Waals surface area contributed by atoms with Crippen molar-refractivity contribution in [2.45, 2.75) is 6.42 Å². The molecular weight excluding hydrogens is 316 g/mol. The van der Waals surface area contributed by atoms with E-state index in [9.17, 15) is 4.79 Å². The highest BCUT2D eigenvalue weighted by Gasteiger charge is 2.13. The van der Waals surface area contributed by atoms with Gasteiger partial charge in [0.2, 0.25) is 0 Å². The lowest BCUT2D eigenvalue weighted by Crippen LogP contribution is -2.38. The Morgan fingerprint density at radius 2 is 1.64 bits per heavy atom. The third-order valence-electron chi connectivity index (χ3n) is 3.53. The quantitative estimate of drug-likeness (QED) is 0.708. The van der Waals surface area contributed by atoms with Crippen molar-refractivity contribution in [2.75, 3.05) is 31.6 Å². The average Bonchev–Trinajstić information content (AvgIpc) is 2.65. The molecule has 3 N–H and O–H groups in total. The first-order valence-corrected chi connectivity index (χ1v) is 8.18. The van der Waals surface area contributed by atoms with Gasteiger partial charge in [-0.05, 0) is 30.7 Å². The van der Waals surface area contributed by atoms with Gasteiger partial charge >= 0.3 is 6.03 Å². The second-order valence-corrected chi connectivity index (χ2v) is 5.38. The Bertz CT molecular complexity index is 735. The molecule has 25 heavy (non-hydrogen) atoms. The number of para-hydroxylation sites is 1. The number of hydrogen-bond acceptors (Lipinski definition) is 3. The molecule has 0 atom stereocenters. The highest BCUT2D eigenvalue weighted by atomic mass is 16.3. The first-order valence-electron chi connectivity index (χ1n) is 8.18. The topological polar surface area (TPSA) is 72.8 Å². The summed E-state index contributed by atoms with van der Waals surface area (Å²) in [5, 5.41) is 20.9. The van der Waals surface area contributed by atoms with Gasteiger partial charge in [-0.25, -0.2) is 4.79 Å². The normalized spacial score (nSPS) is 9.84. The smallest absolute Gasteiger partial charge is 0.321 e. The minimum absolute atomic E-state index is 0.00561. The summed E-state index contributed by atoms with van der Waals surface area (Å²) in [6.45, 7) is 0.451. The number of rotatable bonds is 6. The number of anilines is 1. The largest absolute Gasteiger partial charge is 0.396 e. The molecule has 0 aromatic heterocycles. The van der Waals surface area contributed by atoms with Crippen LogP contribution in [-0.2, 0) is 0 Å². The molecule has 2 aromatic rings. The molecule has 0 bridgehead atoms. The molecule has 0 spiro atoms. The number of carbonyl (C=O) groups is 1. The van der Waals surface area contributed by atoms with Crippen LogP contribution in [-0.4, -0.2) is 47.4 Å². The molecule has 0 heterocycles. The van der Waals surface area contributed by atoms with Gasteiger partial charge in [0.25, 0.3) is 0 Å². The van der Waals surface area contributed by atoms with Crippen LogP contribution in [0.25, 0.3) is 0 Å². The van der Waals surface area contributed by atoms with Crippen molar-refractivity contribution in [3.8, 4) is 11.8 Å². The van der Waals surface area contributed by atoms with Gasteiger partial charge in [0.15, 0.2) is 0 Å². The van der Waals surface area contributed by atoms with E-state index in [-0.39, 0.29) is 25.8 Å². The predicted molar refractivity (Wildman–Crippen MR) is 98.2 cm³/mol. The van der Waals surface area contributed by atoms with Gasteiger partial charge in [-0.15, -0.1) is 0 Å². The van der Waals surface area contributed by atoms with E-state index in [0.29, 0.717) is 24.2 Å². The summed E-state index contributed by atoms with van der Waals surface area (Å²) in [4.78, 5) is 13.9. The number of nitrogens with one attached hydrogen (secondary N) is 1. The highest BCUT2D eigenvalue weighted by molar-refractivity contribution is 5.91. The maximum Gasteiger partial charge on any atom is 0.321 e. The minimum atomic E-state index is -0.323. The number of benzene rings is 2. The van der Waals surface area contributed by atoms with E-state index in [1.165, 1.54) is 4.90 Å². The zero-order chi connectivity index (χ0) is 17.9. The van der Waals surface area contributed by atoms with Crippen LogP contribution in [0.15, 0.2) is 54.6 Å². The molecule has 0 aliphatic carbocycles. The summed E-state index contributed by atoms with van der Waals surface area (Å²) in [5.41, 5.74) is 2.22. The molecule has 0 fully saturated rings. The standard InChI is InChI=1S/C20H22N2O3/c23-15-6-13-22(14-16-24)20(25)21-19-10-5-4-9-18(19)12-11-17-7-2-1-3-8-17/h1-5,7-10,23-24H,6,13-16H2,(H,21,25). The number of carbonyl (C=O) groups excluding carboxylic acids is 1. The number of nitrogens with zero attached hydrogens (tertiary/aromatic N) is 1. The Labute approximate surface area is 147 Å². The van der Waals surface area contributed by atoms with Crippen molar-refractivity contribution in [2.24, 2.45) is 0 Å². The second-order valence-electron chi connectivity index (χ2n) is 5.38. The van der Waals surface area contributed by atoms with Crippen LogP contribution < -0.4 is 5.32 Å². The van der Waals surface area contributed by atoms with Gasteiger partial charge in [0.1, 0.15) is 0 Å². The van der Waals surface area contributed by atoms with E-state index < -0.39 is 0 Å². The number of aliphatic hydroxyl groups is 2. The molecule has 0 aliphatic rings. The summed E-state index contributed by atoms with van der Waals surface area (Å²) in [5.74, 6) is 6.15. The lowest BCUT2D eigenvalue weighted by molar-refractivity contribution is 0.180. The number of hydrogen-bond donors (Lipinski definition) is 3. The van der Waals surface area contributed by atoms with Gasteiger partial charge in [0, 0.05) is 30.8 Å². The Morgan fingerprint density at radius 3 is 2.36 bits per heavy atom. The van der Waals surface area contributed by atoms with Crippen LogP contribution in [0.3, 0.4) is 0 Å². The molecule has 5 nitrogen and oxygen atoms in total. The lowest BCUT2D eigenvalue weighted by atomic mass is 10.1. The van der Waals surface area contributed by atoms with Crippen LogP contribution in [0, 0.1) is 11.8 Å². The third kappa shape index (κ3) is 5.96. The van der Waals surface area contributed by atoms with Crippen LogP contribution in [0.5, 0.6) is 0 Å². The van der Waals surface area contributed by atoms with E-state index in [1.807, 2.05) is 48.5 Å². The van der Waals surface area contributed by atoms with Gasteiger partial charge in [-0.3, -0.25) is 0 Å². The summed E-state index contributed by atoms with van der Waals surface area (Å²) in [6, 6.07) is 16.6. The maximum atomic E-state index is 12.4. The van der Waals surface area contributed by atoms with Crippen LogP contribution in [0.1, 0.15) is 17.5 Å². The summed E-state index contributed by atoms with van der Waals surface area (Å²) < 4.78 is 0. The van der Waals surface area contributed by atoms with Gasteiger partial charge < -0.3 is 20.4 Å². The summed E-state index contributed by atoms with van der Waals surface area (Å²) >= 11 is 0. The summed E-state index contributed by atoms with van der Waals surface area (Å²) in [7, 11) is 0. The van der Waals surface area contributed by atoms with Gasteiger partial charge in [-0.1, -0.05) is 42.2 Å². The van der Waals surface area contributed by atoms with Gasteiger partial charge in [0.05, 0.1) is 12.3 Å². The molecule has 5 heteroatoms. The second kappa shape index (κ2) is 10.1. The Balaban J connectivity index is 2.14. The monoisotopic (exact) mass is 338 g/mol. The van der Waals surface area contributed by atoms with Crippen molar-refractivity contribution in [1.29, 1.82) is 0 Å². The zero-order valence-corrected chi connectivity index (χ0v) is 14.0. The molecular formula is C20H22N2O3. The molecule has 2 amide bonds. The fourth-order valence-corrected chi connectivity index (χ4v) is 2.25. The molecule has 130 valence electrons. The van der Waals surface area contributed by atoms with Crippen molar-refractivity contribution < 1.29 is 15.0 Å². The number of aliphatic hydroxyl groups excluding tert-OH is 2. The van der Waals surface area contributed by atoms with Crippen LogP contribution in [0.4, 0.5) is 10.5 Å². The van der Waals surface area contributed by atoms with Gasteiger partial charge in [-0.2, -0.15) is 0 Å². The fourth-order valence-electron chi connectivity index (χ4n) is 2.25. The molecule has 0 aliphatic heterocycles. The van der Waals surface area contributed by atoms with Crippen LogP contribution >= 0.6 is 0 Å². The average molecular weight is 338 g/mol. The van der Waals surface area contributed by atoms with Crippen LogP contribution in [0.2, 0.25) is 0 Å². The third-order valence-corrected chi connectivity index (χ3v) is 3.53. The molecule has 2 aromatic carbocycles. The minimum Gasteiger partial charge on any atom is -0.396 e. The Hall–Kier alpha value is -2.81. The first kappa shape index (κ1) is 18.5. The molecule has 0 saturated heterocycles. The summed E-state index contributed by atoms with van der Waals surface area (Å²) in [6.07, 6.45) is 0.461. The van der Waals surface area contributed by atoms with Crippen molar-refractivity contribution >= 4 is 11.7 Å². The highest BCUT2D eigenvalue weighted by Crippen LogP contribution is 2.15. The fraction of sp³-hybridized carbons (Fsp3) is 0.250. The van der Waals surface area contributed by atoms with E-state index in [0.717, 1.165) is 5.56 Å². The maximum absolute atomic E-state index is 12.4. The molecule has 0 unspecified atom stereocenters. The number of urea groups is 1. The molecule has 0 saturated carbocycles. The van der Waals surface area contributed by atoms with E-state index in [1.54, 1.807) is 6.07 Å². The Kier molecular flexibility index (Phi) is 7.51. The van der Waals surface area contributed by atoms with E-state index in [2.05, 4.69) is 17.2 Å².